The third-order valence-electron chi connectivity index (χ3n) is 2.25. The van der Waals surface area contributed by atoms with Gasteiger partial charge in [-0.2, -0.15) is 8.42 Å². The summed E-state index contributed by atoms with van der Waals surface area (Å²) in [6.45, 7) is 1.46. The zero-order valence-corrected chi connectivity index (χ0v) is 10.1. The lowest BCUT2D eigenvalue weighted by Crippen LogP contribution is -2.32. The molecule has 0 atom stereocenters. The second-order valence-corrected chi connectivity index (χ2v) is 4.94. The monoisotopic (exact) mass is 273 g/mol. The Hall–Kier alpha value is -1.61. The van der Waals surface area contributed by atoms with E-state index in [1.54, 1.807) is 0 Å². The van der Waals surface area contributed by atoms with Gasteiger partial charge in [0.1, 0.15) is 5.75 Å². The van der Waals surface area contributed by atoms with Crippen LogP contribution in [0.5, 0.6) is 0 Å². The first kappa shape index (κ1) is 14.5. The number of rotatable bonds is 4. The normalized spacial score (nSPS) is 10.9. The van der Waals surface area contributed by atoms with Gasteiger partial charge in [-0.15, -0.1) is 3.89 Å². The topological polar surface area (TPSA) is 123 Å². The van der Waals surface area contributed by atoms with Crippen LogP contribution in [0.3, 0.4) is 0 Å². The molecule has 0 heterocycles. The van der Waals surface area contributed by atoms with Crippen molar-refractivity contribution in [3.05, 3.63) is 33.7 Å². The van der Waals surface area contributed by atoms with Crippen molar-refractivity contribution < 1.29 is 22.4 Å². The fourth-order valence-corrected chi connectivity index (χ4v) is 2.05. The summed E-state index contributed by atoms with van der Waals surface area (Å²) < 4.78 is 33.7. The van der Waals surface area contributed by atoms with Gasteiger partial charge in [0, 0.05) is 10.6 Å². The fraction of sp³-hybridized carbons (Fsp3) is 0.250. The van der Waals surface area contributed by atoms with E-state index in [-0.39, 0.29) is 22.3 Å². The van der Waals surface area contributed by atoms with E-state index in [9.17, 15) is 12.3 Å². The molecule has 1 aromatic carbocycles. The molecule has 2 N–H and O–H groups in total. The van der Waals surface area contributed by atoms with Crippen LogP contribution in [0.1, 0.15) is 11.1 Å². The molecule has 10 heteroatoms. The third-order valence-corrected chi connectivity index (χ3v) is 2.93. The number of halogens is 1. The zero-order valence-electron chi connectivity index (χ0n) is 9.28. The number of benzene rings is 1. The molecule has 18 heavy (non-hydrogen) atoms. The Morgan fingerprint density at radius 1 is 1.50 bits per heavy atom. The molecule has 96 valence electrons. The van der Waals surface area contributed by atoms with Crippen LogP contribution in [0.15, 0.2) is 17.2 Å². The smallest absolute Gasteiger partial charge is 0.423 e. The van der Waals surface area contributed by atoms with Crippen LogP contribution < -0.4 is 5.46 Å². The van der Waals surface area contributed by atoms with E-state index in [1.807, 2.05) is 0 Å². The summed E-state index contributed by atoms with van der Waals surface area (Å²) in [6.07, 6.45) is 0. The van der Waals surface area contributed by atoms with Gasteiger partial charge in [-0.3, -0.25) is 0 Å². The van der Waals surface area contributed by atoms with E-state index in [0.717, 1.165) is 6.07 Å². The molecule has 0 aromatic heterocycles. The van der Waals surface area contributed by atoms with Crippen LogP contribution in [-0.4, -0.2) is 25.6 Å². The van der Waals surface area contributed by atoms with E-state index < -0.39 is 23.1 Å². The Morgan fingerprint density at radius 3 is 2.56 bits per heavy atom. The number of hydrogen-bond donors (Lipinski definition) is 2. The molecule has 0 unspecified atom stereocenters. The summed E-state index contributed by atoms with van der Waals surface area (Å²) in [6, 6.07) is 2.31. The molecular weight excluding hydrogens is 264 g/mol. The molecule has 0 amide bonds. The minimum atomic E-state index is -4.76. The summed E-state index contributed by atoms with van der Waals surface area (Å²) in [7, 11) is -6.64. The maximum Gasteiger partial charge on any atom is 0.488 e. The molecule has 0 aliphatic heterocycles. The lowest BCUT2D eigenvalue weighted by atomic mass is 9.76. The minimum Gasteiger partial charge on any atom is -0.423 e. The van der Waals surface area contributed by atoms with Crippen LogP contribution in [0.4, 0.5) is 9.57 Å². The van der Waals surface area contributed by atoms with Gasteiger partial charge in [0.15, 0.2) is 0 Å². The second-order valence-electron chi connectivity index (χ2n) is 3.58. The molecule has 0 aliphatic carbocycles. The van der Waals surface area contributed by atoms with Crippen LogP contribution >= 0.6 is 0 Å². The first-order chi connectivity index (χ1) is 8.24. The minimum absolute atomic E-state index is 0.0155. The van der Waals surface area contributed by atoms with Crippen LogP contribution in [0.25, 0.3) is 10.4 Å². The average molecular weight is 273 g/mol. The lowest BCUT2D eigenvalue weighted by Gasteiger charge is -2.10. The number of nitrogens with zero attached hydrogens (tertiary/aromatic N) is 3. The van der Waals surface area contributed by atoms with Gasteiger partial charge in [-0.05, 0) is 35.1 Å². The molecular formula is C8H9BFN3O4S. The van der Waals surface area contributed by atoms with Gasteiger partial charge in [0.25, 0.3) is 0 Å². The predicted octanol–water partition coefficient (Wildman–Crippen LogP) is 0.416. The van der Waals surface area contributed by atoms with Crippen molar-refractivity contribution in [1.29, 1.82) is 0 Å². The summed E-state index contributed by atoms with van der Waals surface area (Å²) >= 11 is 0. The zero-order chi connectivity index (χ0) is 13.9. The maximum atomic E-state index is 12.6. The quantitative estimate of drug-likeness (QED) is 0.271. The van der Waals surface area contributed by atoms with Crippen molar-refractivity contribution in [1.82, 2.24) is 0 Å². The molecule has 1 rings (SSSR count). The standard InChI is InChI=1S/C8H9BFN3O4S/c1-5-7(9(14)15)2-6(4-18(10,16)17)3-8(5)12-13-11/h2-3,14-15H,4H2,1H3. The van der Waals surface area contributed by atoms with Gasteiger partial charge in [0.05, 0.1) is 0 Å². The Bertz CT molecular complexity index is 613. The Kier molecular flexibility index (Phi) is 4.30. The van der Waals surface area contributed by atoms with E-state index in [4.69, 9.17) is 15.6 Å². The third kappa shape index (κ3) is 3.71. The summed E-state index contributed by atoms with van der Waals surface area (Å²) in [5, 5.41) is 21.5. The summed E-state index contributed by atoms with van der Waals surface area (Å²) in [5.41, 5.74) is 8.56. The molecule has 0 radical (unpaired) electrons. The largest absolute Gasteiger partial charge is 0.488 e. The highest BCUT2D eigenvalue weighted by Gasteiger charge is 2.19. The van der Waals surface area contributed by atoms with E-state index >= 15 is 0 Å². The maximum absolute atomic E-state index is 12.6. The molecule has 0 aliphatic rings. The Labute approximate surface area is 103 Å². The fourth-order valence-electron chi connectivity index (χ4n) is 1.48. The Morgan fingerprint density at radius 2 is 2.11 bits per heavy atom. The van der Waals surface area contributed by atoms with Gasteiger partial charge in [-0.1, -0.05) is 11.2 Å². The first-order valence-electron chi connectivity index (χ1n) is 4.71. The van der Waals surface area contributed by atoms with Crippen molar-refractivity contribution >= 4 is 28.5 Å². The van der Waals surface area contributed by atoms with Crippen LogP contribution in [0, 0.1) is 6.92 Å². The van der Waals surface area contributed by atoms with Gasteiger partial charge >= 0.3 is 17.3 Å². The highest BCUT2D eigenvalue weighted by Crippen LogP contribution is 2.21. The Balaban J connectivity index is 3.42. The van der Waals surface area contributed by atoms with Crippen molar-refractivity contribution in [2.24, 2.45) is 5.11 Å². The van der Waals surface area contributed by atoms with Crippen LogP contribution in [0.2, 0.25) is 0 Å². The number of azide groups is 1. The highest BCUT2D eigenvalue weighted by molar-refractivity contribution is 7.85. The lowest BCUT2D eigenvalue weighted by molar-refractivity contribution is 0.425. The van der Waals surface area contributed by atoms with E-state index in [0.29, 0.717) is 0 Å². The predicted molar refractivity (Wildman–Crippen MR) is 63.5 cm³/mol. The molecule has 0 saturated heterocycles. The van der Waals surface area contributed by atoms with Gasteiger partial charge in [-0.25, -0.2) is 0 Å². The van der Waals surface area contributed by atoms with Crippen molar-refractivity contribution in [3.8, 4) is 0 Å². The first-order valence-corrected chi connectivity index (χ1v) is 6.27. The van der Waals surface area contributed by atoms with Crippen molar-refractivity contribution in [2.75, 3.05) is 0 Å². The molecule has 1 aromatic rings. The highest BCUT2D eigenvalue weighted by atomic mass is 32.3. The molecule has 7 nitrogen and oxygen atoms in total. The van der Waals surface area contributed by atoms with Crippen LogP contribution in [-0.2, 0) is 16.0 Å². The second kappa shape index (κ2) is 5.36. The number of hydrogen-bond acceptors (Lipinski definition) is 5. The van der Waals surface area contributed by atoms with E-state index in [1.165, 1.54) is 13.0 Å². The molecule has 0 saturated carbocycles. The van der Waals surface area contributed by atoms with Crippen molar-refractivity contribution in [2.45, 2.75) is 12.7 Å². The van der Waals surface area contributed by atoms with Gasteiger partial charge < -0.3 is 10.0 Å². The molecule has 0 fully saturated rings. The van der Waals surface area contributed by atoms with Gasteiger partial charge in [0.2, 0.25) is 0 Å². The molecule has 0 spiro atoms. The molecule has 0 bridgehead atoms. The van der Waals surface area contributed by atoms with Crippen molar-refractivity contribution in [3.63, 3.8) is 0 Å². The average Bonchev–Trinajstić information content (AvgIpc) is 2.20. The summed E-state index contributed by atoms with van der Waals surface area (Å²) in [5.74, 6) is -0.930. The summed E-state index contributed by atoms with van der Waals surface area (Å²) in [4.78, 5) is 2.52. The van der Waals surface area contributed by atoms with E-state index in [2.05, 4.69) is 10.0 Å². The SMILES string of the molecule is Cc1c(N=[N+]=[N-])cc(CS(=O)(=O)F)cc1B(O)O.